The summed E-state index contributed by atoms with van der Waals surface area (Å²) in [6, 6.07) is 6.13. The summed E-state index contributed by atoms with van der Waals surface area (Å²) in [7, 11) is 0. The number of halogens is 1. The van der Waals surface area contributed by atoms with Crippen LogP contribution < -0.4 is 5.32 Å². The molecular weight excluding hydrogens is 271 g/mol. The average molecular weight is 284 g/mol. The molecule has 2 aromatic heterocycles. The van der Waals surface area contributed by atoms with Gasteiger partial charge in [0.1, 0.15) is 11.5 Å². The van der Waals surface area contributed by atoms with Crippen LogP contribution in [0, 0.1) is 12.7 Å². The van der Waals surface area contributed by atoms with Gasteiger partial charge in [-0.3, -0.25) is 14.2 Å². The van der Waals surface area contributed by atoms with Gasteiger partial charge < -0.3 is 5.32 Å². The number of fused-ring (bicyclic) bond motifs is 1. The van der Waals surface area contributed by atoms with Crippen LogP contribution >= 0.6 is 0 Å². The Morgan fingerprint density at radius 1 is 1.43 bits per heavy atom. The van der Waals surface area contributed by atoms with Gasteiger partial charge in [0.05, 0.1) is 11.9 Å². The molecule has 0 fully saturated rings. The number of aromatic nitrogens is 3. The van der Waals surface area contributed by atoms with Crippen LogP contribution in [-0.2, 0) is 6.54 Å². The number of hydrogen-bond acceptors (Lipinski definition) is 3. The molecule has 0 aliphatic rings. The molecule has 0 aliphatic carbocycles. The molecule has 2 heterocycles. The van der Waals surface area contributed by atoms with Crippen molar-refractivity contribution < 1.29 is 9.18 Å². The van der Waals surface area contributed by atoms with Gasteiger partial charge in [-0.2, -0.15) is 0 Å². The molecule has 1 amide bonds. The van der Waals surface area contributed by atoms with Gasteiger partial charge in [0.25, 0.3) is 5.91 Å². The van der Waals surface area contributed by atoms with Crippen LogP contribution in [0.25, 0.3) is 5.65 Å². The van der Waals surface area contributed by atoms with Crippen molar-refractivity contribution in [2.24, 2.45) is 0 Å². The van der Waals surface area contributed by atoms with Crippen molar-refractivity contribution >= 4 is 11.6 Å². The van der Waals surface area contributed by atoms with E-state index in [1.165, 1.54) is 12.1 Å². The first-order chi connectivity index (χ1) is 10.1. The normalized spacial score (nSPS) is 10.8. The van der Waals surface area contributed by atoms with E-state index in [1.807, 2.05) is 0 Å². The minimum Gasteiger partial charge on any atom is -0.347 e. The standard InChI is InChI=1S/C15H13FN4O/c1-10-14(20-6-5-17-9-13(20)19-10)15(21)18-8-11-3-2-4-12(16)7-11/h2-7,9H,8H2,1H3,(H,18,21). The van der Waals surface area contributed by atoms with Crippen LogP contribution in [0.2, 0.25) is 0 Å². The van der Waals surface area contributed by atoms with Crippen molar-refractivity contribution in [1.82, 2.24) is 19.7 Å². The summed E-state index contributed by atoms with van der Waals surface area (Å²) in [6.07, 6.45) is 4.88. The molecule has 5 nitrogen and oxygen atoms in total. The van der Waals surface area contributed by atoms with Crippen LogP contribution in [0.1, 0.15) is 21.7 Å². The molecule has 1 N–H and O–H groups in total. The van der Waals surface area contributed by atoms with Gasteiger partial charge in [0.15, 0.2) is 5.65 Å². The second-order valence-electron chi connectivity index (χ2n) is 4.66. The van der Waals surface area contributed by atoms with Crippen molar-refractivity contribution in [3.63, 3.8) is 0 Å². The Balaban J connectivity index is 1.83. The van der Waals surface area contributed by atoms with E-state index in [4.69, 9.17) is 0 Å². The predicted molar refractivity (Wildman–Crippen MR) is 75.3 cm³/mol. The molecule has 106 valence electrons. The molecule has 0 saturated heterocycles. The quantitative estimate of drug-likeness (QED) is 0.801. The third-order valence-corrected chi connectivity index (χ3v) is 3.16. The zero-order valence-corrected chi connectivity index (χ0v) is 11.4. The number of imidazole rings is 1. The number of nitrogens with one attached hydrogen (secondary N) is 1. The van der Waals surface area contributed by atoms with E-state index in [0.29, 0.717) is 22.6 Å². The number of nitrogens with zero attached hydrogens (tertiary/aromatic N) is 3. The smallest absolute Gasteiger partial charge is 0.270 e. The van der Waals surface area contributed by atoms with Gasteiger partial charge in [-0.05, 0) is 24.6 Å². The van der Waals surface area contributed by atoms with Gasteiger partial charge in [0.2, 0.25) is 0 Å². The first-order valence-corrected chi connectivity index (χ1v) is 6.46. The summed E-state index contributed by atoms with van der Waals surface area (Å²) < 4.78 is 14.8. The van der Waals surface area contributed by atoms with Gasteiger partial charge >= 0.3 is 0 Å². The predicted octanol–water partition coefficient (Wildman–Crippen LogP) is 2.11. The van der Waals surface area contributed by atoms with Gasteiger partial charge in [-0.1, -0.05) is 12.1 Å². The van der Waals surface area contributed by atoms with E-state index in [2.05, 4.69) is 15.3 Å². The second kappa shape index (κ2) is 5.32. The Labute approximate surface area is 120 Å². The number of carbonyl (C=O) groups is 1. The van der Waals surface area contributed by atoms with Crippen LogP contribution in [0.4, 0.5) is 4.39 Å². The summed E-state index contributed by atoms with van der Waals surface area (Å²) in [5, 5.41) is 2.77. The summed E-state index contributed by atoms with van der Waals surface area (Å²) in [6.45, 7) is 2.03. The van der Waals surface area contributed by atoms with Crippen molar-refractivity contribution in [2.45, 2.75) is 13.5 Å². The highest BCUT2D eigenvalue weighted by Gasteiger charge is 2.16. The summed E-state index contributed by atoms with van der Waals surface area (Å²) in [5.41, 5.74) is 2.41. The van der Waals surface area contributed by atoms with E-state index in [0.717, 1.165) is 0 Å². The fraction of sp³-hybridized carbons (Fsp3) is 0.133. The zero-order chi connectivity index (χ0) is 14.8. The first kappa shape index (κ1) is 13.2. The maximum absolute atomic E-state index is 13.1. The molecule has 0 aliphatic heterocycles. The van der Waals surface area contributed by atoms with Crippen molar-refractivity contribution in [1.29, 1.82) is 0 Å². The Morgan fingerprint density at radius 3 is 3.10 bits per heavy atom. The maximum Gasteiger partial charge on any atom is 0.270 e. The highest BCUT2D eigenvalue weighted by Crippen LogP contribution is 2.11. The molecule has 0 unspecified atom stereocenters. The van der Waals surface area contributed by atoms with E-state index < -0.39 is 0 Å². The van der Waals surface area contributed by atoms with Crippen LogP contribution in [0.5, 0.6) is 0 Å². The van der Waals surface area contributed by atoms with E-state index in [1.54, 1.807) is 42.0 Å². The Kier molecular flexibility index (Phi) is 3.35. The second-order valence-corrected chi connectivity index (χ2v) is 4.66. The topological polar surface area (TPSA) is 59.3 Å². The lowest BCUT2D eigenvalue weighted by Crippen LogP contribution is -2.25. The summed E-state index contributed by atoms with van der Waals surface area (Å²) in [4.78, 5) is 20.6. The van der Waals surface area contributed by atoms with Crippen molar-refractivity contribution in [2.75, 3.05) is 0 Å². The number of aryl methyl sites for hydroxylation is 1. The number of rotatable bonds is 3. The van der Waals surface area contributed by atoms with Crippen LogP contribution in [0.3, 0.4) is 0 Å². The lowest BCUT2D eigenvalue weighted by Gasteiger charge is -2.06. The largest absolute Gasteiger partial charge is 0.347 e. The third-order valence-electron chi connectivity index (χ3n) is 3.16. The number of carbonyl (C=O) groups excluding carboxylic acids is 1. The molecule has 0 atom stereocenters. The van der Waals surface area contributed by atoms with Crippen molar-refractivity contribution in [3.8, 4) is 0 Å². The number of amides is 1. The van der Waals surface area contributed by atoms with Crippen LogP contribution in [0.15, 0.2) is 42.9 Å². The fourth-order valence-electron chi connectivity index (χ4n) is 2.21. The molecule has 6 heteroatoms. The minimum absolute atomic E-state index is 0.254. The molecule has 0 bridgehead atoms. The maximum atomic E-state index is 13.1. The Morgan fingerprint density at radius 2 is 2.29 bits per heavy atom. The van der Waals surface area contributed by atoms with E-state index in [9.17, 15) is 9.18 Å². The number of benzene rings is 1. The SMILES string of the molecule is Cc1nc2cnccn2c1C(=O)NCc1cccc(F)c1. The molecule has 1 aromatic carbocycles. The summed E-state index contributed by atoms with van der Waals surface area (Å²) in [5.74, 6) is -0.575. The molecular formula is C15H13FN4O. The average Bonchev–Trinajstić information content (AvgIpc) is 2.81. The minimum atomic E-state index is -0.321. The van der Waals surface area contributed by atoms with Crippen molar-refractivity contribution in [3.05, 3.63) is 65.6 Å². The van der Waals surface area contributed by atoms with Gasteiger partial charge in [-0.15, -0.1) is 0 Å². The molecule has 3 rings (SSSR count). The lowest BCUT2D eigenvalue weighted by atomic mass is 10.2. The highest BCUT2D eigenvalue weighted by molar-refractivity contribution is 5.94. The summed E-state index contributed by atoms with van der Waals surface area (Å²) >= 11 is 0. The van der Waals surface area contributed by atoms with Gasteiger partial charge in [0, 0.05) is 18.9 Å². The van der Waals surface area contributed by atoms with Crippen LogP contribution in [-0.4, -0.2) is 20.3 Å². The molecule has 3 aromatic rings. The zero-order valence-electron chi connectivity index (χ0n) is 11.4. The molecule has 0 spiro atoms. The lowest BCUT2D eigenvalue weighted by molar-refractivity contribution is 0.0944. The number of hydrogen-bond donors (Lipinski definition) is 1. The molecule has 0 saturated carbocycles. The molecule has 21 heavy (non-hydrogen) atoms. The third kappa shape index (κ3) is 2.60. The Bertz CT molecular complexity index is 812. The van der Waals surface area contributed by atoms with E-state index >= 15 is 0 Å². The highest BCUT2D eigenvalue weighted by atomic mass is 19.1. The molecule has 0 radical (unpaired) electrons. The monoisotopic (exact) mass is 284 g/mol. The first-order valence-electron chi connectivity index (χ1n) is 6.46. The Hall–Kier alpha value is -2.76. The van der Waals surface area contributed by atoms with E-state index in [-0.39, 0.29) is 18.3 Å². The van der Waals surface area contributed by atoms with Gasteiger partial charge in [-0.25, -0.2) is 9.37 Å². The fourth-order valence-corrected chi connectivity index (χ4v) is 2.21.